The number of Topliss-reactive ketones (excluding diaryl/α,β-unsaturated/α-hetero) is 1. The van der Waals surface area contributed by atoms with E-state index in [1.54, 1.807) is 6.08 Å². The van der Waals surface area contributed by atoms with Crippen LogP contribution >= 0.6 is 0 Å². The second kappa shape index (κ2) is 7.09. The number of likely N-dealkylation sites (N-methyl/N-ethyl adjacent to an activating group) is 1. The number of nitrogens with zero attached hydrogens (tertiary/aromatic N) is 1. The van der Waals surface area contributed by atoms with Crippen molar-refractivity contribution < 1.29 is 24.9 Å². The smallest absolute Gasteiger partial charge is 0.232 e. The summed E-state index contributed by atoms with van der Waals surface area (Å²) in [4.78, 5) is 14.5. The fourth-order valence-electron chi connectivity index (χ4n) is 2.98. The van der Waals surface area contributed by atoms with Crippen molar-refractivity contribution in [1.29, 1.82) is 0 Å². The van der Waals surface area contributed by atoms with Crippen LogP contribution in [0.2, 0.25) is 0 Å². The van der Waals surface area contributed by atoms with E-state index >= 15 is 0 Å². The number of benzene rings is 2. The van der Waals surface area contributed by atoms with Crippen molar-refractivity contribution in [3.63, 3.8) is 0 Å². The Morgan fingerprint density at radius 3 is 2.62 bits per heavy atom. The topological polar surface area (TPSA) is 90.2 Å². The average molecular weight is 355 g/mol. The minimum atomic E-state index is -0.436. The second-order valence-electron chi connectivity index (χ2n) is 6.09. The molecule has 2 aromatic carbocycles. The number of carbonyl (C=O) groups is 1. The number of hydrogen-bond acceptors (Lipinski definition) is 6. The number of ketones is 1. The Hall–Kier alpha value is -2.99. The molecule has 0 radical (unpaired) electrons. The van der Waals surface area contributed by atoms with Gasteiger partial charge in [0.25, 0.3) is 0 Å². The summed E-state index contributed by atoms with van der Waals surface area (Å²) in [5.41, 5.74) is 2.98. The highest BCUT2D eigenvalue weighted by atomic mass is 16.5. The first-order valence-electron chi connectivity index (χ1n) is 8.42. The standard InChI is InChI=1S/C20H21NO5/c1-3-21(8-9-22)14-5-4-13(12(2)10-14)11-17-18(24)15-6-7-16(23)19(25)20(15)26-17/h4-7,10-11,22-23,25H,3,8-9H2,1-2H3/b17-11-. The molecule has 6 nitrogen and oxygen atoms in total. The molecule has 0 saturated heterocycles. The number of fused-ring (bicyclic) bond motifs is 1. The van der Waals surface area contributed by atoms with Gasteiger partial charge in [0.2, 0.25) is 11.5 Å². The summed E-state index contributed by atoms with van der Waals surface area (Å²) >= 11 is 0. The maximum absolute atomic E-state index is 12.5. The van der Waals surface area contributed by atoms with Crippen LogP contribution in [0.25, 0.3) is 6.08 Å². The van der Waals surface area contributed by atoms with Crippen LogP contribution in [0.4, 0.5) is 5.69 Å². The summed E-state index contributed by atoms with van der Waals surface area (Å²) in [6, 6.07) is 8.49. The number of phenols is 2. The highest BCUT2D eigenvalue weighted by molar-refractivity contribution is 6.15. The van der Waals surface area contributed by atoms with E-state index in [0.29, 0.717) is 6.54 Å². The van der Waals surface area contributed by atoms with Gasteiger partial charge in [0.05, 0.1) is 12.2 Å². The summed E-state index contributed by atoms with van der Waals surface area (Å²) in [6.45, 7) is 5.36. The first kappa shape index (κ1) is 17.8. The molecule has 0 amide bonds. The van der Waals surface area contributed by atoms with Gasteiger partial charge in [-0.3, -0.25) is 4.79 Å². The monoisotopic (exact) mass is 355 g/mol. The Morgan fingerprint density at radius 2 is 1.96 bits per heavy atom. The van der Waals surface area contributed by atoms with E-state index < -0.39 is 5.75 Å². The molecule has 1 aliphatic heterocycles. The van der Waals surface area contributed by atoms with Crippen LogP contribution in [-0.2, 0) is 0 Å². The summed E-state index contributed by atoms with van der Waals surface area (Å²) in [5.74, 6) is -1.03. The minimum absolute atomic E-state index is 0.0179. The quantitative estimate of drug-likeness (QED) is 0.564. The van der Waals surface area contributed by atoms with Crippen molar-refractivity contribution >= 4 is 17.5 Å². The van der Waals surface area contributed by atoms with Gasteiger partial charge in [0, 0.05) is 18.8 Å². The van der Waals surface area contributed by atoms with Gasteiger partial charge in [-0.15, -0.1) is 0 Å². The van der Waals surface area contributed by atoms with Gasteiger partial charge in [0.15, 0.2) is 17.3 Å². The van der Waals surface area contributed by atoms with Crippen molar-refractivity contribution in [2.75, 3.05) is 24.6 Å². The summed E-state index contributed by atoms with van der Waals surface area (Å²) in [6.07, 6.45) is 1.63. The van der Waals surface area contributed by atoms with Gasteiger partial charge in [0.1, 0.15) is 0 Å². The molecule has 0 aromatic heterocycles. The lowest BCUT2D eigenvalue weighted by atomic mass is 10.0. The van der Waals surface area contributed by atoms with Crippen LogP contribution < -0.4 is 9.64 Å². The first-order chi connectivity index (χ1) is 12.5. The molecule has 1 heterocycles. The molecule has 0 spiro atoms. The molecule has 0 bridgehead atoms. The van der Waals surface area contributed by atoms with Crippen molar-refractivity contribution in [3.8, 4) is 17.2 Å². The van der Waals surface area contributed by atoms with E-state index in [4.69, 9.17) is 9.84 Å². The van der Waals surface area contributed by atoms with Crippen LogP contribution in [0.15, 0.2) is 36.1 Å². The number of phenolic OH excluding ortho intramolecular Hbond substituents is 2. The Balaban J connectivity index is 1.92. The third kappa shape index (κ3) is 3.11. The predicted molar refractivity (Wildman–Crippen MR) is 98.9 cm³/mol. The number of anilines is 1. The fourth-order valence-corrected chi connectivity index (χ4v) is 2.98. The predicted octanol–water partition coefficient (Wildman–Crippen LogP) is 2.84. The van der Waals surface area contributed by atoms with E-state index in [1.165, 1.54) is 12.1 Å². The molecule has 6 heteroatoms. The number of allylic oxidation sites excluding steroid dienone is 1. The Morgan fingerprint density at radius 1 is 1.19 bits per heavy atom. The van der Waals surface area contributed by atoms with Crippen LogP contribution in [0, 0.1) is 6.92 Å². The first-order valence-corrected chi connectivity index (χ1v) is 8.42. The number of aromatic hydroxyl groups is 2. The number of rotatable bonds is 5. The van der Waals surface area contributed by atoms with E-state index in [1.807, 2.05) is 32.0 Å². The van der Waals surface area contributed by atoms with Crippen LogP contribution in [0.1, 0.15) is 28.4 Å². The molecular formula is C20H21NO5. The SMILES string of the molecule is CCN(CCO)c1ccc(/C=C2\Oc3c(ccc(O)c3O)C2=O)c(C)c1. The maximum Gasteiger partial charge on any atom is 0.232 e. The lowest BCUT2D eigenvalue weighted by Gasteiger charge is -2.22. The molecule has 0 atom stereocenters. The number of aryl methyl sites for hydroxylation is 1. The van der Waals surface area contributed by atoms with Gasteiger partial charge in [-0.25, -0.2) is 0 Å². The molecule has 1 aliphatic rings. The molecule has 2 aromatic rings. The third-order valence-corrected chi connectivity index (χ3v) is 4.45. The normalized spacial score (nSPS) is 14.4. The molecule has 3 N–H and O–H groups in total. The zero-order valence-electron chi connectivity index (χ0n) is 14.7. The minimum Gasteiger partial charge on any atom is -0.504 e. The highest BCUT2D eigenvalue weighted by Crippen LogP contribution is 2.44. The van der Waals surface area contributed by atoms with E-state index in [9.17, 15) is 15.0 Å². The van der Waals surface area contributed by atoms with E-state index in [2.05, 4.69) is 4.90 Å². The molecule has 0 saturated carbocycles. The van der Waals surface area contributed by atoms with Crippen LogP contribution in [0.3, 0.4) is 0 Å². The van der Waals surface area contributed by atoms with E-state index in [-0.39, 0.29) is 35.2 Å². The molecule has 26 heavy (non-hydrogen) atoms. The van der Waals surface area contributed by atoms with Crippen molar-refractivity contribution in [1.82, 2.24) is 0 Å². The van der Waals surface area contributed by atoms with Crippen LogP contribution in [0.5, 0.6) is 17.2 Å². The largest absolute Gasteiger partial charge is 0.504 e. The van der Waals surface area contributed by atoms with Crippen molar-refractivity contribution in [2.24, 2.45) is 0 Å². The second-order valence-corrected chi connectivity index (χ2v) is 6.09. The number of carbonyl (C=O) groups excluding carboxylic acids is 1. The molecule has 0 unspecified atom stereocenters. The Kier molecular flexibility index (Phi) is 4.86. The van der Waals surface area contributed by atoms with Gasteiger partial charge < -0.3 is 25.0 Å². The molecule has 136 valence electrons. The summed E-state index contributed by atoms with van der Waals surface area (Å²) < 4.78 is 5.49. The van der Waals surface area contributed by atoms with Gasteiger partial charge >= 0.3 is 0 Å². The summed E-state index contributed by atoms with van der Waals surface area (Å²) in [7, 11) is 0. The fraction of sp³-hybridized carbons (Fsp3) is 0.250. The Bertz CT molecular complexity index is 888. The lowest BCUT2D eigenvalue weighted by molar-refractivity contribution is 0.101. The van der Waals surface area contributed by atoms with Gasteiger partial charge in [-0.05, 0) is 55.3 Å². The Labute approximate surface area is 151 Å². The number of hydrogen-bond donors (Lipinski definition) is 3. The van der Waals surface area contributed by atoms with Crippen LogP contribution in [-0.4, -0.2) is 40.8 Å². The number of ether oxygens (including phenoxy) is 1. The lowest BCUT2D eigenvalue weighted by Crippen LogP contribution is -2.26. The zero-order valence-corrected chi connectivity index (χ0v) is 14.7. The number of aliphatic hydroxyl groups is 1. The molecule has 0 fully saturated rings. The highest BCUT2D eigenvalue weighted by Gasteiger charge is 2.31. The van der Waals surface area contributed by atoms with Crippen molar-refractivity contribution in [3.05, 3.63) is 52.8 Å². The van der Waals surface area contributed by atoms with Crippen molar-refractivity contribution in [2.45, 2.75) is 13.8 Å². The molecule has 3 rings (SSSR count). The van der Waals surface area contributed by atoms with Gasteiger partial charge in [-0.1, -0.05) is 6.07 Å². The third-order valence-electron chi connectivity index (χ3n) is 4.45. The molecule has 0 aliphatic carbocycles. The molecular weight excluding hydrogens is 334 g/mol. The number of aliphatic hydroxyl groups excluding tert-OH is 1. The van der Waals surface area contributed by atoms with E-state index in [0.717, 1.165) is 23.4 Å². The maximum atomic E-state index is 12.5. The zero-order chi connectivity index (χ0) is 18.8. The summed E-state index contributed by atoms with van der Waals surface area (Å²) in [5, 5.41) is 28.6. The van der Waals surface area contributed by atoms with Gasteiger partial charge in [-0.2, -0.15) is 0 Å². The average Bonchev–Trinajstić information content (AvgIpc) is 2.94.